The van der Waals surface area contributed by atoms with Crippen LogP contribution in [0.4, 0.5) is 0 Å². The number of amides is 1. The van der Waals surface area contributed by atoms with Crippen molar-refractivity contribution < 1.29 is 9.59 Å². The molecule has 2 aromatic rings. The average molecular weight is 340 g/mol. The van der Waals surface area contributed by atoms with Crippen molar-refractivity contribution in [1.82, 2.24) is 9.88 Å². The summed E-state index contributed by atoms with van der Waals surface area (Å²) in [5.74, 6) is -0.126. The van der Waals surface area contributed by atoms with Gasteiger partial charge in [0.1, 0.15) is 5.69 Å². The highest BCUT2D eigenvalue weighted by Gasteiger charge is 2.22. The van der Waals surface area contributed by atoms with Crippen LogP contribution < -0.4 is 0 Å². The van der Waals surface area contributed by atoms with E-state index in [1.165, 1.54) is 12.5 Å². The average Bonchev–Trinajstić information content (AvgIpc) is 2.80. The zero-order chi connectivity index (χ0) is 18.9. The number of nitrogens with zero attached hydrogens (tertiary/aromatic N) is 1. The lowest BCUT2D eigenvalue weighted by Gasteiger charge is -2.21. The predicted octanol–water partition coefficient (Wildman–Crippen LogP) is 4.40. The number of rotatable bonds is 4. The van der Waals surface area contributed by atoms with E-state index in [9.17, 15) is 9.59 Å². The number of Topliss-reactive ketones (excluding diaryl/α,β-unsaturated/α-hetero) is 1. The van der Waals surface area contributed by atoms with Gasteiger partial charge in [0.25, 0.3) is 5.91 Å². The Kier molecular flexibility index (Phi) is 5.21. The largest absolute Gasteiger partial charge is 0.354 e. The van der Waals surface area contributed by atoms with Gasteiger partial charge in [0.2, 0.25) is 0 Å². The Labute approximate surface area is 150 Å². The first-order valence-corrected chi connectivity index (χ1v) is 8.57. The number of hydrogen-bond donors (Lipinski definition) is 1. The van der Waals surface area contributed by atoms with E-state index in [2.05, 4.69) is 50.0 Å². The molecule has 25 heavy (non-hydrogen) atoms. The molecule has 0 aliphatic heterocycles. The van der Waals surface area contributed by atoms with Gasteiger partial charge in [-0.2, -0.15) is 0 Å². The minimum Gasteiger partial charge on any atom is -0.354 e. The summed E-state index contributed by atoms with van der Waals surface area (Å²) in [7, 11) is 1.78. The topological polar surface area (TPSA) is 53.2 Å². The molecule has 1 heterocycles. The molecule has 4 heteroatoms. The fraction of sp³-hybridized carbons (Fsp3) is 0.429. The van der Waals surface area contributed by atoms with Gasteiger partial charge in [-0.15, -0.1) is 0 Å². The van der Waals surface area contributed by atoms with E-state index in [4.69, 9.17) is 0 Å². The predicted molar refractivity (Wildman–Crippen MR) is 101 cm³/mol. The fourth-order valence-corrected chi connectivity index (χ4v) is 3.14. The van der Waals surface area contributed by atoms with Gasteiger partial charge in [0.15, 0.2) is 5.78 Å². The van der Waals surface area contributed by atoms with Gasteiger partial charge in [-0.3, -0.25) is 9.59 Å². The van der Waals surface area contributed by atoms with Crippen molar-refractivity contribution in [3.63, 3.8) is 0 Å². The molecule has 1 N–H and O–H groups in total. The maximum atomic E-state index is 12.8. The van der Waals surface area contributed by atoms with Crippen LogP contribution in [0, 0.1) is 13.8 Å². The number of aryl methyl sites for hydroxylation is 1. The lowest BCUT2D eigenvalue weighted by molar-refractivity contribution is 0.0779. The summed E-state index contributed by atoms with van der Waals surface area (Å²) < 4.78 is 0. The van der Waals surface area contributed by atoms with Gasteiger partial charge in [0, 0.05) is 24.8 Å². The molecule has 2 rings (SSSR count). The van der Waals surface area contributed by atoms with Crippen LogP contribution in [0.25, 0.3) is 0 Å². The number of H-pyrrole nitrogens is 1. The van der Waals surface area contributed by atoms with Crippen molar-refractivity contribution in [2.75, 3.05) is 7.05 Å². The molecule has 0 saturated carbocycles. The molecule has 1 aromatic carbocycles. The first-order chi connectivity index (χ1) is 11.5. The number of benzene rings is 1. The summed E-state index contributed by atoms with van der Waals surface area (Å²) in [4.78, 5) is 29.3. The molecule has 1 amide bonds. The van der Waals surface area contributed by atoms with Crippen molar-refractivity contribution in [2.45, 2.75) is 53.5 Å². The van der Waals surface area contributed by atoms with Crippen LogP contribution >= 0.6 is 0 Å². The Morgan fingerprint density at radius 1 is 1.08 bits per heavy atom. The SMILES string of the molecule is CC(=O)c1c(C)[nH]c(C(=O)N(C)Cc2ccc(C(C)(C)C)cc2)c1C. The zero-order valence-corrected chi connectivity index (χ0v) is 16.3. The standard InChI is InChI=1S/C21H28N2O2/c1-13-18(15(3)24)14(2)22-19(13)20(25)23(7)12-16-8-10-17(11-9-16)21(4,5)6/h8-11,22H,12H2,1-7H3. The fourth-order valence-electron chi connectivity index (χ4n) is 3.14. The molecular weight excluding hydrogens is 312 g/mol. The molecule has 1 aromatic heterocycles. The second-order valence-corrected chi connectivity index (χ2v) is 7.79. The van der Waals surface area contributed by atoms with E-state index >= 15 is 0 Å². The molecule has 0 saturated heterocycles. The zero-order valence-electron chi connectivity index (χ0n) is 16.3. The van der Waals surface area contributed by atoms with Gasteiger partial charge >= 0.3 is 0 Å². The summed E-state index contributed by atoms with van der Waals surface area (Å²) in [5.41, 5.74) is 5.05. The van der Waals surface area contributed by atoms with Gasteiger partial charge in [-0.05, 0) is 42.9 Å². The van der Waals surface area contributed by atoms with Crippen LogP contribution in [0.3, 0.4) is 0 Å². The number of carbonyl (C=O) groups excluding carboxylic acids is 2. The highest BCUT2D eigenvalue weighted by atomic mass is 16.2. The second-order valence-electron chi connectivity index (χ2n) is 7.79. The van der Waals surface area contributed by atoms with Gasteiger partial charge in [0.05, 0.1) is 0 Å². The second kappa shape index (κ2) is 6.87. The summed E-state index contributed by atoms with van der Waals surface area (Å²) in [6, 6.07) is 8.37. The minimum absolute atomic E-state index is 0.0225. The van der Waals surface area contributed by atoms with Crippen molar-refractivity contribution in [1.29, 1.82) is 0 Å². The van der Waals surface area contributed by atoms with E-state index in [-0.39, 0.29) is 17.1 Å². The van der Waals surface area contributed by atoms with Crippen LogP contribution in [-0.2, 0) is 12.0 Å². The molecule has 0 spiro atoms. The van der Waals surface area contributed by atoms with Crippen LogP contribution in [0.5, 0.6) is 0 Å². The number of ketones is 1. The molecule has 0 fully saturated rings. The molecule has 0 atom stereocenters. The Morgan fingerprint density at radius 2 is 1.64 bits per heavy atom. The Hall–Kier alpha value is -2.36. The summed E-state index contributed by atoms with van der Waals surface area (Å²) in [6.07, 6.45) is 0. The number of hydrogen-bond acceptors (Lipinski definition) is 2. The van der Waals surface area contributed by atoms with E-state index in [0.717, 1.165) is 16.8 Å². The molecule has 0 aliphatic carbocycles. The monoisotopic (exact) mass is 340 g/mol. The van der Waals surface area contributed by atoms with Crippen molar-refractivity contribution in [2.24, 2.45) is 0 Å². The molecule has 0 radical (unpaired) electrons. The lowest BCUT2D eigenvalue weighted by Crippen LogP contribution is -2.27. The normalized spacial score (nSPS) is 11.5. The minimum atomic E-state index is -0.104. The maximum Gasteiger partial charge on any atom is 0.270 e. The first kappa shape index (κ1) is 19.0. The smallest absolute Gasteiger partial charge is 0.270 e. The Morgan fingerprint density at radius 3 is 2.08 bits per heavy atom. The highest BCUT2D eigenvalue weighted by Crippen LogP contribution is 2.23. The van der Waals surface area contributed by atoms with Gasteiger partial charge in [-0.25, -0.2) is 0 Å². The van der Waals surface area contributed by atoms with Crippen molar-refractivity contribution >= 4 is 11.7 Å². The van der Waals surface area contributed by atoms with Crippen LogP contribution in [0.2, 0.25) is 0 Å². The number of nitrogens with one attached hydrogen (secondary N) is 1. The van der Waals surface area contributed by atoms with E-state index < -0.39 is 0 Å². The lowest BCUT2D eigenvalue weighted by atomic mass is 9.87. The summed E-state index contributed by atoms with van der Waals surface area (Å²) in [5, 5.41) is 0. The van der Waals surface area contributed by atoms with E-state index in [1.807, 2.05) is 13.8 Å². The summed E-state index contributed by atoms with van der Waals surface area (Å²) >= 11 is 0. The van der Waals surface area contributed by atoms with Crippen LogP contribution in [0.1, 0.15) is 70.9 Å². The van der Waals surface area contributed by atoms with Crippen LogP contribution in [-0.4, -0.2) is 28.6 Å². The van der Waals surface area contributed by atoms with Crippen molar-refractivity contribution in [3.8, 4) is 0 Å². The molecule has 134 valence electrons. The van der Waals surface area contributed by atoms with Gasteiger partial charge < -0.3 is 9.88 Å². The van der Waals surface area contributed by atoms with Crippen molar-refractivity contribution in [3.05, 3.63) is 57.9 Å². The van der Waals surface area contributed by atoms with E-state index in [1.54, 1.807) is 11.9 Å². The van der Waals surface area contributed by atoms with Gasteiger partial charge in [-0.1, -0.05) is 45.0 Å². The third kappa shape index (κ3) is 4.01. The third-order valence-corrected chi connectivity index (χ3v) is 4.59. The number of carbonyl (C=O) groups is 2. The Bertz CT molecular complexity index is 793. The first-order valence-electron chi connectivity index (χ1n) is 8.57. The summed E-state index contributed by atoms with van der Waals surface area (Å²) in [6.45, 7) is 12.2. The highest BCUT2D eigenvalue weighted by molar-refractivity contribution is 6.02. The van der Waals surface area contributed by atoms with Crippen LogP contribution in [0.15, 0.2) is 24.3 Å². The number of aromatic amines is 1. The third-order valence-electron chi connectivity index (χ3n) is 4.59. The molecule has 0 bridgehead atoms. The molecular formula is C21H28N2O2. The molecule has 4 nitrogen and oxygen atoms in total. The quantitative estimate of drug-likeness (QED) is 0.839. The molecule has 0 aliphatic rings. The number of aromatic nitrogens is 1. The molecule has 0 unspecified atom stereocenters. The maximum absolute atomic E-state index is 12.8. The van der Waals surface area contributed by atoms with E-state index in [0.29, 0.717) is 17.8 Å². The Balaban J connectivity index is 2.19.